The Hall–Kier alpha value is -1.66. The maximum atomic E-state index is 11.2. The van der Waals surface area contributed by atoms with E-state index < -0.39 is 37.4 Å². The maximum Gasteiger partial charge on any atom is 0.330 e. The molecule has 0 aromatic heterocycles. The van der Waals surface area contributed by atoms with E-state index in [2.05, 4.69) is 0 Å². The number of allylic oxidation sites excluding steroid dienone is 2. The van der Waals surface area contributed by atoms with Crippen LogP contribution in [0, 0.1) is 0 Å². The van der Waals surface area contributed by atoms with Gasteiger partial charge in [0.2, 0.25) is 0 Å². The molecule has 2 N–H and O–H groups in total. The number of carbonyl (C=O) groups is 2. The summed E-state index contributed by atoms with van der Waals surface area (Å²) < 4.78 is 9.67. The summed E-state index contributed by atoms with van der Waals surface area (Å²) >= 11 is 0. The minimum Gasteiger partial charge on any atom is -0.453 e. The zero-order valence-corrected chi connectivity index (χ0v) is 10.4. The number of aliphatic hydroxyl groups excluding tert-OH is 2. The average Bonchev–Trinajstić information content (AvgIpc) is 2.34. The standard InChI is InChI=1S/C12H18O6/c1-3-5-11(15)17-9(7-13)10(8-14)18-12(16)6-4-2/h3-6,9-10,13-14H,7-8H2,1-2H3/b5-3+,6-4+. The van der Waals surface area contributed by atoms with E-state index in [1.165, 1.54) is 12.2 Å². The lowest BCUT2D eigenvalue weighted by Crippen LogP contribution is -2.39. The molecule has 0 rings (SSSR count). The quantitative estimate of drug-likeness (QED) is 0.491. The Morgan fingerprint density at radius 3 is 1.50 bits per heavy atom. The van der Waals surface area contributed by atoms with E-state index in [1.54, 1.807) is 13.8 Å². The van der Waals surface area contributed by atoms with Gasteiger partial charge < -0.3 is 19.7 Å². The number of rotatable bonds is 7. The second-order valence-electron chi connectivity index (χ2n) is 3.32. The fourth-order valence-electron chi connectivity index (χ4n) is 1.11. The van der Waals surface area contributed by atoms with Crippen LogP contribution in [0.4, 0.5) is 0 Å². The lowest BCUT2D eigenvalue weighted by atomic mass is 10.2. The largest absolute Gasteiger partial charge is 0.453 e. The molecule has 0 fully saturated rings. The Balaban J connectivity index is 4.56. The first kappa shape index (κ1) is 16.3. The highest BCUT2D eigenvalue weighted by atomic mass is 16.6. The third kappa shape index (κ3) is 6.17. The maximum absolute atomic E-state index is 11.2. The summed E-state index contributed by atoms with van der Waals surface area (Å²) in [4.78, 5) is 22.4. The van der Waals surface area contributed by atoms with Crippen LogP contribution in [-0.4, -0.2) is 47.6 Å². The molecule has 0 aromatic rings. The molecule has 2 unspecified atom stereocenters. The van der Waals surface area contributed by atoms with Crippen LogP contribution < -0.4 is 0 Å². The van der Waals surface area contributed by atoms with Crippen molar-refractivity contribution in [1.82, 2.24) is 0 Å². The molecule has 0 bridgehead atoms. The molecule has 0 amide bonds. The summed E-state index contributed by atoms with van der Waals surface area (Å²) in [6.07, 6.45) is 3.05. The van der Waals surface area contributed by atoms with E-state index >= 15 is 0 Å². The number of esters is 2. The summed E-state index contributed by atoms with van der Waals surface area (Å²) in [6, 6.07) is 0. The molecule has 2 atom stereocenters. The summed E-state index contributed by atoms with van der Waals surface area (Å²) in [5.41, 5.74) is 0. The third-order valence-electron chi connectivity index (χ3n) is 1.92. The predicted molar refractivity (Wildman–Crippen MR) is 63.6 cm³/mol. The molecule has 0 saturated carbocycles. The van der Waals surface area contributed by atoms with E-state index in [0.29, 0.717) is 0 Å². The number of hydrogen-bond donors (Lipinski definition) is 2. The van der Waals surface area contributed by atoms with Gasteiger partial charge in [-0.25, -0.2) is 9.59 Å². The Labute approximate surface area is 106 Å². The number of ether oxygens (including phenoxy) is 2. The van der Waals surface area contributed by atoms with Crippen LogP contribution in [0.2, 0.25) is 0 Å². The van der Waals surface area contributed by atoms with Crippen LogP contribution in [0.1, 0.15) is 13.8 Å². The number of carbonyl (C=O) groups excluding carboxylic acids is 2. The molecule has 0 saturated heterocycles. The summed E-state index contributed by atoms with van der Waals surface area (Å²) in [7, 11) is 0. The highest BCUT2D eigenvalue weighted by molar-refractivity contribution is 5.82. The monoisotopic (exact) mass is 258 g/mol. The van der Waals surface area contributed by atoms with E-state index in [1.807, 2.05) is 0 Å². The first-order valence-corrected chi connectivity index (χ1v) is 5.47. The average molecular weight is 258 g/mol. The molecule has 102 valence electrons. The molecule has 0 radical (unpaired) electrons. The van der Waals surface area contributed by atoms with Gasteiger partial charge in [-0.05, 0) is 13.8 Å². The normalized spacial score (nSPS) is 14.7. The van der Waals surface area contributed by atoms with Crippen molar-refractivity contribution < 1.29 is 29.3 Å². The molecular weight excluding hydrogens is 240 g/mol. The van der Waals surface area contributed by atoms with Crippen LogP contribution in [0.5, 0.6) is 0 Å². The first-order chi connectivity index (χ1) is 8.58. The van der Waals surface area contributed by atoms with Gasteiger partial charge in [0, 0.05) is 12.2 Å². The van der Waals surface area contributed by atoms with Gasteiger partial charge in [0.05, 0.1) is 13.2 Å². The van der Waals surface area contributed by atoms with Gasteiger partial charge in [-0.15, -0.1) is 0 Å². The molecule has 6 nitrogen and oxygen atoms in total. The number of aliphatic hydroxyl groups is 2. The lowest BCUT2D eigenvalue weighted by molar-refractivity contribution is -0.167. The topological polar surface area (TPSA) is 93.1 Å². The second kappa shape index (κ2) is 9.38. The summed E-state index contributed by atoms with van der Waals surface area (Å²) in [6.45, 7) is 2.14. The Morgan fingerprint density at radius 2 is 1.28 bits per heavy atom. The Morgan fingerprint density at radius 1 is 0.944 bits per heavy atom. The molecule has 0 aliphatic heterocycles. The van der Waals surface area contributed by atoms with Crippen LogP contribution in [0.25, 0.3) is 0 Å². The molecule has 0 aliphatic rings. The minimum atomic E-state index is -1.10. The van der Waals surface area contributed by atoms with Crippen molar-refractivity contribution in [3.63, 3.8) is 0 Å². The fourth-order valence-corrected chi connectivity index (χ4v) is 1.11. The van der Waals surface area contributed by atoms with E-state index in [9.17, 15) is 9.59 Å². The van der Waals surface area contributed by atoms with Gasteiger partial charge in [-0.1, -0.05) is 12.2 Å². The highest BCUT2D eigenvalue weighted by Crippen LogP contribution is 2.06. The SMILES string of the molecule is C/C=C/C(=O)OC(CO)C(CO)OC(=O)/C=C/C. The summed E-state index contributed by atoms with van der Waals surface area (Å²) in [5, 5.41) is 18.1. The van der Waals surface area contributed by atoms with Gasteiger partial charge in [0.1, 0.15) is 0 Å². The fraction of sp³-hybridized carbons (Fsp3) is 0.500. The molecular formula is C12H18O6. The van der Waals surface area contributed by atoms with Crippen molar-refractivity contribution in [2.45, 2.75) is 26.1 Å². The Kier molecular flexibility index (Phi) is 8.51. The van der Waals surface area contributed by atoms with Crippen LogP contribution in [0.3, 0.4) is 0 Å². The van der Waals surface area contributed by atoms with Gasteiger partial charge in [0.15, 0.2) is 12.2 Å². The zero-order valence-electron chi connectivity index (χ0n) is 10.4. The van der Waals surface area contributed by atoms with Crippen molar-refractivity contribution >= 4 is 11.9 Å². The van der Waals surface area contributed by atoms with Crippen molar-refractivity contribution in [3.05, 3.63) is 24.3 Å². The smallest absolute Gasteiger partial charge is 0.330 e. The third-order valence-corrected chi connectivity index (χ3v) is 1.92. The van der Waals surface area contributed by atoms with E-state index in [0.717, 1.165) is 12.2 Å². The Bertz CT molecular complexity index is 289. The highest BCUT2D eigenvalue weighted by Gasteiger charge is 2.26. The molecule has 6 heteroatoms. The van der Waals surface area contributed by atoms with Gasteiger partial charge >= 0.3 is 11.9 Å². The predicted octanol–water partition coefficient (Wildman–Crippen LogP) is -0.0532. The van der Waals surface area contributed by atoms with Crippen LogP contribution >= 0.6 is 0 Å². The molecule has 0 heterocycles. The van der Waals surface area contributed by atoms with E-state index in [-0.39, 0.29) is 0 Å². The van der Waals surface area contributed by atoms with Crippen LogP contribution in [-0.2, 0) is 19.1 Å². The number of hydrogen-bond acceptors (Lipinski definition) is 6. The van der Waals surface area contributed by atoms with Gasteiger partial charge in [-0.2, -0.15) is 0 Å². The van der Waals surface area contributed by atoms with Crippen LogP contribution in [0.15, 0.2) is 24.3 Å². The van der Waals surface area contributed by atoms with Crippen molar-refractivity contribution in [2.75, 3.05) is 13.2 Å². The molecule has 18 heavy (non-hydrogen) atoms. The molecule has 0 aliphatic carbocycles. The second-order valence-corrected chi connectivity index (χ2v) is 3.32. The zero-order chi connectivity index (χ0) is 14.0. The lowest BCUT2D eigenvalue weighted by Gasteiger charge is -2.22. The summed E-state index contributed by atoms with van der Waals surface area (Å²) in [5.74, 6) is -1.37. The minimum absolute atomic E-state index is 0.558. The van der Waals surface area contributed by atoms with Crippen molar-refractivity contribution in [3.8, 4) is 0 Å². The van der Waals surface area contributed by atoms with Crippen molar-refractivity contribution in [1.29, 1.82) is 0 Å². The van der Waals surface area contributed by atoms with Gasteiger partial charge in [0.25, 0.3) is 0 Å². The molecule has 0 spiro atoms. The van der Waals surface area contributed by atoms with E-state index in [4.69, 9.17) is 19.7 Å². The van der Waals surface area contributed by atoms with Crippen molar-refractivity contribution in [2.24, 2.45) is 0 Å². The van der Waals surface area contributed by atoms with Gasteiger partial charge in [-0.3, -0.25) is 0 Å². The first-order valence-electron chi connectivity index (χ1n) is 5.47. The molecule has 0 aromatic carbocycles.